The van der Waals surface area contributed by atoms with Crippen LogP contribution in [0.3, 0.4) is 0 Å². The second-order valence-electron chi connectivity index (χ2n) is 7.91. The van der Waals surface area contributed by atoms with E-state index in [9.17, 15) is 9.59 Å². The molecule has 0 spiro atoms. The van der Waals surface area contributed by atoms with Gasteiger partial charge in [-0.15, -0.1) is 5.10 Å². The van der Waals surface area contributed by atoms with Gasteiger partial charge in [0.15, 0.2) is 0 Å². The Bertz CT molecular complexity index is 1080. The fourth-order valence-corrected chi connectivity index (χ4v) is 4.65. The van der Waals surface area contributed by atoms with Crippen molar-refractivity contribution in [2.75, 3.05) is 19.6 Å². The summed E-state index contributed by atoms with van der Waals surface area (Å²) in [6.45, 7) is 5.40. The largest absolute Gasteiger partial charge is 0.354 e. The van der Waals surface area contributed by atoms with E-state index < -0.39 is 0 Å². The fourth-order valence-electron chi connectivity index (χ4n) is 3.93. The summed E-state index contributed by atoms with van der Waals surface area (Å²) in [6.07, 6.45) is 1.25. The van der Waals surface area contributed by atoms with Crippen molar-refractivity contribution < 1.29 is 9.59 Å². The third-order valence-electron chi connectivity index (χ3n) is 5.65. The maximum atomic E-state index is 13.0. The van der Waals surface area contributed by atoms with Gasteiger partial charge >= 0.3 is 0 Å². The first-order valence-electron chi connectivity index (χ1n) is 10.6. The van der Waals surface area contributed by atoms with Crippen LogP contribution in [0.15, 0.2) is 48.5 Å². The van der Waals surface area contributed by atoms with E-state index >= 15 is 0 Å². The van der Waals surface area contributed by atoms with Crippen LogP contribution in [0.25, 0.3) is 11.1 Å². The van der Waals surface area contributed by atoms with Crippen LogP contribution >= 0.6 is 11.5 Å². The summed E-state index contributed by atoms with van der Waals surface area (Å²) >= 11 is 1.13. The Labute approximate surface area is 186 Å². The first-order chi connectivity index (χ1) is 15.0. The molecular weight excluding hydrogens is 408 g/mol. The van der Waals surface area contributed by atoms with Crippen LogP contribution in [0.1, 0.15) is 33.4 Å². The summed E-state index contributed by atoms with van der Waals surface area (Å²) in [5.74, 6) is -0.374. The molecule has 2 amide bonds. The Hall–Kier alpha value is -3.06. The van der Waals surface area contributed by atoms with Gasteiger partial charge < -0.3 is 10.2 Å². The fraction of sp³-hybridized carbons (Fsp3) is 0.333. The Kier molecular flexibility index (Phi) is 6.42. The molecule has 1 aliphatic rings. The topological polar surface area (TPSA) is 75.2 Å². The minimum Gasteiger partial charge on any atom is -0.354 e. The molecule has 0 radical (unpaired) electrons. The molecule has 1 aromatic heterocycles. The normalized spacial score (nSPS) is 16.6. The lowest BCUT2D eigenvalue weighted by molar-refractivity contribution is -0.124. The zero-order valence-corrected chi connectivity index (χ0v) is 18.6. The van der Waals surface area contributed by atoms with Crippen LogP contribution in [0.4, 0.5) is 0 Å². The molecule has 0 aliphatic carbocycles. The van der Waals surface area contributed by atoms with Gasteiger partial charge in [-0.25, -0.2) is 0 Å². The summed E-state index contributed by atoms with van der Waals surface area (Å²) < 4.78 is 3.93. The highest BCUT2D eigenvalue weighted by Crippen LogP contribution is 2.23. The van der Waals surface area contributed by atoms with E-state index in [1.165, 1.54) is 11.1 Å². The average Bonchev–Trinajstić information content (AvgIpc) is 3.19. The number of carbonyl (C=O) groups is 2. The van der Waals surface area contributed by atoms with Crippen LogP contribution < -0.4 is 5.32 Å². The molecule has 1 N–H and O–H groups in total. The van der Waals surface area contributed by atoms with Crippen molar-refractivity contribution in [2.24, 2.45) is 5.92 Å². The van der Waals surface area contributed by atoms with Crippen LogP contribution in [0, 0.1) is 12.8 Å². The van der Waals surface area contributed by atoms with E-state index in [2.05, 4.69) is 70.4 Å². The third kappa shape index (κ3) is 4.82. The van der Waals surface area contributed by atoms with Crippen molar-refractivity contribution in [3.05, 3.63) is 70.2 Å². The molecule has 1 atom stereocenters. The summed E-state index contributed by atoms with van der Waals surface area (Å²) in [6, 6.07) is 16.7. The van der Waals surface area contributed by atoms with Gasteiger partial charge in [-0.05, 0) is 48.0 Å². The maximum Gasteiger partial charge on any atom is 0.267 e. The van der Waals surface area contributed by atoms with Gasteiger partial charge in [0.25, 0.3) is 5.91 Å². The second-order valence-corrected chi connectivity index (χ2v) is 8.67. The van der Waals surface area contributed by atoms with Gasteiger partial charge in [0.1, 0.15) is 4.88 Å². The van der Waals surface area contributed by atoms with E-state index in [-0.39, 0.29) is 17.7 Å². The molecule has 0 unspecified atom stereocenters. The third-order valence-corrected chi connectivity index (χ3v) is 6.41. The minimum atomic E-state index is -0.290. The van der Waals surface area contributed by atoms with Crippen molar-refractivity contribution in [1.29, 1.82) is 0 Å². The predicted molar refractivity (Wildman–Crippen MR) is 122 cm³/mol. The van der Waals surface area contributed by atoms with Crippen LogP contribution in [0.5, 0.6) is 0 Å². The second kappa shape index (κ2) is 9.39. The molecule has 6 nitrogen and oxygen atoms in total. The summed E-state index contributed by atoms with van der Waals surface area (Å²) in [5.41, 5.74) is 5.37. The highest BCUT2D eigenvalue weighted by Gasteiger charge is 2.30. The van der Waals surface area contributed by atoms with Crippen molar-refractivity contribution >= 4 is 23.3 Å². The summed E-state index contributed by atoms with van der Waals surface area (Å²) in [5, 5.41) is 7.01. The van der Waals surface area contributed by atoms with E-state index in [0.29, 0.717) is 37.4 Å². The standard InChI is InChI=1S/C24H26N4O2S/c1-3-21-22(31-27-26-21)24(30)28-12-11-25-23(29)20(15-28)14-17-7-9-18(10-8-17)19-6-4-5-16(2)13-19/h4-10,13,20H,3,11-12,14-15H2,1-2H3,(H,25,29)/t20-/m1/s1. The minimum absolute atomic E-state index is 0.00351. The van der Waals surface area contributed by atoms with Crippen molar-refractivity contribution in [3.63, 3.8) is 0 Å². The Morgan fingerprint density at radius 3 is 2.74 bits per heavy atom. The quantitative estimate of drug-likeness (QED) is 0.667. The molecule has 3 aromatic rings. The van der Waals surface area contributed by atoms with Crippen LogP contribution in [0.2, 0.25) is 0 Å². The number of aryl methyl sites for hydroxylation is 2. The molecule has 1 saturated heterocycles. The van der Waals surface area contributed by atoms with Crippen LogP contribution in [-0.2, 0) is 17.6 Å². The SMILES string of the molecule is CCc1nnsc1C(=O)N1CCNC(=O)[C@H](Cc2ccc(-c3cccc(C)c3)cc2)C1. The lowest BCUT2D eigenvalue weighted by atomic mass is 9.95. The zero-order chi connectivity index (χ0) is 21.8. The Balaban J connectivity index is 1.49. The molecule has 0 bridgehead atoms. The van der Waals surface area contributed by atoms with Gasteiger partial charge in [0.05, 0.1) is 11.6 Å². The molecule has 1 fully saturated rings. The van der Waals surface area contributed by atoms with E-state index in [1.807, 2.05) is 6.92 Å². The van der Waals surface area contributed by atoms with Gasteiger partial charge in [0.2, 0.25) is 5.91 Å². The Morgan fingerprint density at radius 1 is 1.19 bits per heavy atom. The summed E-state index contributed by atoms with van der Waals surface area (Å²) in [7, 11) is 0. The number of aromatic nitrogens is 2. The number of rotatable bonds is 5. The summed E-state index contributed by atoms with van der Waals surface area (Å²) in [4.78, 5) is 28.0. The van der Waals surface area contributed by atoms with Crippen LogP contribution in [-0.4, -0.2) is 45.9 Å². The number of carbonyl (C=O) groups excluding carboxylic acids is 2. The lowest BCUT2D eigenvalue weighted by Gasteiger charge is -2.23. The van der Waals surface area contributed by atoms with E-state index in [0.717, 1.165) is 28.4 Å². The number of nitrogens with one attached hydrogen (secondary N) is 1. The Morgan fingerprint density at radius 2 is 2.00 bits per heavy atom. The van der Waals surface area contributed by atoms with Gasteiger partial charge in [-0.3, -0.25) is 9.59 Å². The molecule has 160 valence electrons. The number of hydrogen-bond donors (Lipinski definition) is 1. The smallest absolute Gasteiger partial charge is 0.267 e. The first kappa shape index (κ1) is 21.2. The molecule has 7 heteroatoms. The molecule has 2 heterocycles. The number of nitrogens with zero attached hydrogens (tertiary/aromatic N) is 3. The lowest BCUT2D eigenvalue weighted by Crippen LogP contribution is -2.37. The van der Waals surface area contributed by atoms with Crippen molar-refractivity contribution in [2.45, 2.75) is 26.7 Å². The average molecular weight is 435 g/mol. The predicted octanol–water partition coefficient (Wildman–Crippen LogP) is 3.51. The molecule has 2 aromatic carbocycles. The van der Waals surface area contributed by atoms with Gasteiger partial charge in [0, 0.05) is 19.6 Å². The van der Waals surface area contributed by atoms with Crippen molar-refractivity contribution in [3.8, 4) is 11.1 Å². The molecular formula is C24H26N4O2S. The van der Waals surface area contributed by atoms with Crippen molar-refractivity contribution in [1.82, 2.24) is 19.8 Å². The molecule has 4 rings (SSSR count). The molecule has 0 saturated carbocycles. The molecule has 1 aliphatic heterocycles. The zero-order valence-electron chi connectivity index (χ0n) is 17.8. The van der Waals surface area contributed by atoms with E-state index in [1.54, 1.807) is 4.90 Å². The first-order valence-corrected chi connectivity index (χ1v) is 11.4. The van der Waals surface area contributed by atoms with Gasteiger partial charge in [-0.1, -0.05) is 65.5 Å². The number of hydrogen-bond acceptors (Lipinski definition) is 5. The number of amides is 2. The van der Waals surface area contributed by atoms with Gasteiger partial charge in [-0.2, -0.15) is 0 Å². The highest BCUT2D eigenvalue weighted by molar-refractivity contribution is 7.08. The maximum absolute atomic E-state index is 13.0. The van der Waals surface area contributed by atoms with E-state index in [4.69, 9.17) is 0 Å². The molecule has 31 heavy (non-hydrogen) atoms. The highest BCUT2D eigenvalue weighted by atomic mass is 32.1. The number of benzene rings is 2. The monoisotopic (exact) mass is 434 g/mol.